The van der Waals surface area contributed by atoms with Crippen molar-refractivity contribution in [1.29, 1.82) is 0 Å². The normalized spacial score (nSPS) is 31.6. The van der Waals surface area contributed by atoms with Crippen molar-refractivity contribution in [3.63, 3.8) is 0 Å². The van der Waals surface area contributed by atoms with Crippen LogP contribution in [-0.2, 0) is 4.79 Å². The molecule has 0 amide bonds. The van der Waals surface area contributed by atoms with Gasteiger partial charge in [0.05, 0.1) is 5.25 Å². The predicted molar refractivity (Wildman–Crippen MR) is 61.7 cm³/mol. The molecule has 0 aromatic heterocycles. The second-order valence-corrected chi connectivity index (χ2v) is 6.30. The third-order valence-electron chi connectivity index (χ3n) is 3.77. The van der Waals surface area contributed by atoms with Crippen LogP contribution in [0.1, 0.15) is 51.9 Å². The van der Waals surface area contributed by atoms with Crippen LogP contribution in [0.5, 0.6) is 0 Å². The largest absolute Gasteiger partial charge is 0.298 e. The van der Waals surface area contributed by atoms with Gasteiger partial charge in [-0.1, -0.05) is 26.2 Å². The van der Waals surface area contributed by atoms with E-state index in [1.165, 1.54) is 31.4 Å². The van der Waals surface area contributed by atoms with Crippen molar-refractivity contribution < 1.29 is 4.79 Å². The molecule has 0 aromatic carbocycles. The molecule has 0 N–H and O–H groups in total. The van der Waals surface area contributed by atoms with Gasteiger partial charge in [-0.05, 0) is 31.4 Å². The zero-order chi connectivity index (χ0) is 10.0. The van der Waals surface area contributed by atoms with E-state index in [4.69, 9.17) is 0 Å². The maximum atomic E-state index is 12.3. The lowest BCUT2D eigenvalue weighted by atomic mass is 9.81. The first-order valence-corrected chi connectivity index (χ1v) is 6.93. The smallest absolute Gasteiger partial charge is 0.151 e. The van der Waals surface area contributed by atoms with E-state index in [1.54, 1.807) is 0 Å². The Kier molecular flexibility index (Phi) is 3.20. The van der Waals surface area contributed by atoms with Crippen LogP contribution < -0.4 is 0 Å². The summed E-state index contributed by atoms with van der Waals surface area (Å²) in [5.41, 5.74) is 0.0506. The number of hydrogen-bond acceptors (Lipinski definition) is 2. The fourth-order valence-corrected chi connectivity index (χ4v) is 4.16. The Morgan fingerprint density at radius 1 is 1.21 bits per heavy atom. The van der Waals surface area contributed by atoms with Gasteiger partial charge < -0.3 is 0 Å². The first-order valence-electron chi connectivity index (χ1n) is 5.88. The average molecular weight is 212 g/mol. The zero-order valence-corrected chi connectivity index (χ0v) is 9.87. The molecule has 1 unspecified atom stereocenters. The topological polar surface area (TPSA) is 17.1 Å². The summed E-state index contributed by atoms with van der Waals surface area (Å²) in [4.78, 5) is 12.3. The summed E-state index contributed by atoms with van der Waals surface area (Å²) < 4.78 is 0. The quantitative estimate of drug-likeness (QED) is 0.697. The Bertz CT molecular complexity index is 212. The van der Waals surface area contributed by atoms with Gasteiger partial charge in [0.15, 0.2) is 5.78 Å². The molecule has 1 saturated carbocycles. The van der Waals surface area contributed by atoms with Gasteiger partial charge in [0.1, 0.15) is 0 Å². The molecule has 0 spiro atoms. The Labute approximate surface area is 91.0 Å². The molecule has 0 radical (unpaired) electrons. The third kappa shape index (κ3) is 2.00. The molecule has 1 heterocycles. The van der Waals surface area contributed by atoms with Crippen LogP contribution in [0.4, 0.5) is 0 Å². The van der Waals surface area contributed by atoms with E-state index < -0.39 is 0 Å². The summed E-state index contributed by atoms with van der Waals surface area (Å²) >= 11 is 1.91. The van der Waals surface area contributed by atoms with Gasteiger partial charge in [0.2, 0.25) is 0 Å². The van der Waals surface area contributed by atoms with Crippen molar-refractivity contribution in [3.05, 3.63) is 0 Å². The summed E-state index contributed by atoms with van der Waals surface area (Å²) in [6, 6.07) is 0. The fraction of sp³-hybridized carbons (Fsp3) is 0.917. The predicted octanol–water partition coefficient (Wildman–Crippen LogP) is 3.42. The maximum absolute atomic E-state index is 12.3. The summed E-state index contributed by atoms with van der Waals surface area (Å²) in [6.45, 7) is 2.19. The number of hydrogen-bond donors (Lipinski definition) is 0. The minimum Gasteiger partial charge on any atom is -0.298 e. The lowest BCUT2D eigenvalue weighted by Gasteiger charge is -2.29. The molecule has 80 valence electrons. The van der Waals surface area contributed by atoms with Crippen LogP contribution in [0.15, 0.2) is 0 Å². The number of rotatable bonds is 2. The van der Waals surface area contributed by atoms with Crippen molar-refractivity contribution >= 4 is 17.5 Å². The summed E-state index contributed by atoms with van der Waals surface area (Å²) in [6.07, 6.45) is 8.52. The Balaban J connectivity index is 1.98. The lowest BCUT2D eigenvalue weighted by molar-refractivity contribution is -0.127. The zero-order valence-electron chi connectivity index (χ0n) is 9.05. The maximum Gasteiger partial charge on any atom is 0.151 e. The molecule has 1 atom stereocenters. The molecule has 2 aliphatic rings. The standard InChI is InChI=1S/C12H20OS/c1-12(7-3-4-8-12)11(13)10-6-2-5-9-14-10/h10H,2-9H2,1H3. The van der Waals surface area contributed by atoms with Crippen molar-refractivity contribution in [2.45, 2.75) is 57.1 Å². The molecule has 2 fully saturated rings. The summed E-state index contributed by atoms with van der Waals surface area (Å²) in [5, 5.41) is 0.340. The molecule has 2 rings (SSSR count). The highest BCUT2D eigenvalue weighted by atomic mass is 32.2. The van der Waals surface area contributed by atoms with Crippen LogP contribution in [0.25, 0.3) is 0 Å². The number of ketones is 1. The molecule has 1 aliphatic carbocycles. The van der Waals surface area contributed by atoms with Gasteiger partial charge in [-0.25, -0.2) is 0 Å². The Hall–Kier alpha value is 0.0200. The average Bonchev–Trinajstić information content (AvgIpc) is 2.67. The highest BCUT2D eigenvalue weighted by Crippen LogP contribution is 2.42. The van der Waals surface area contributed by atoms with Crippen LogP contribution in [-0.4, -0.2) is 16.8 Å². The number of carbonyl (C=O) groups is 1. The number of thioether (sulfide) groups is 1. The monoisotopic (exact) mass is 212 g/mol. The van der Waals surface area contributed by atoms with Crippen LogP contribution in [0.3, 0.4) is 0 Å². The molecular weight excluding hydrogens is 192 g/mol. The SMILES string of the molecule is CC1(C(=O)C2CCCCS2)CCCC1. The van der Waals surface area contributed by atoms with Crippen LogP contribution in [0, 0.1) is 5.41 Å². The molecule has 2 heteroatoms. The minimum atomic E-state index is 0.0506. The first kappa shape index (κ1) is 10.5. The summed E-state index contributed by atoms with van der Waals surface area (Å²) in [5.74, 6) is 1.77. The van der Waals surface area contributed by atoms with Gasteiger partial charge in [0, 0.05) is 5.41 Å². The fourth-order valence-electron chi connectivity index (χ4n) is 2.74. The third-order valence-corrected chi connectivity index (χ3v) is 5.15. The molecule has 0 bridgehead atoms. The molecular formula is C12H20OS. The highest BCUT2D eigenvalue weighted by molar-refractivity contribution is 8.00. The molecule has 14 heavy (non-hydrogen) atoms. The van der Waals surface area contributed by atoms with Crippen molar-refractivity contribution in [3.8, 4) is 0 Å². The van der Waals surface area contributed by atoms with Crippen LogP contribution in [0.2, 0.25) is 0 Å². The minimum absolute atomic E-state index is 0.0506. The van der Waals surface area contributed by atoms with E-state index in [9.17, 15) is 4.79 Å². The van der Waals surface area contributed by atoms with Crippen molar-refractivity contribution in [1.82, 2.24) is 0 Å². The van der Waals surface area contributed by atoms with Gasteiger partial charge in [-0.2, -0.15) is 11.8 Å². The second-order valence-electron chi connectivity index (χ2n) is 4.99. The number of carbonyl (C=O) groups excluding carboxylic acids is 1. The molecule has 1 saturated heterocycles. The highest BCUT2D eigenvalue weighted by Gasteiger charge is 2.40. The van der Waals surface area contributed by atoms with Gasteiger partial charge in [-0.15, -0.1) is 0 Å². The van der Waals surface area contributed by atoms with Gasteiger partial charge in [-0.3, -0.25) is 4.79 Å². The summed E-state index contributed by atoms with van der Waals surface area (Å²) in [7, 11) is 0. The van der Waals surface area contributed by atoms with E-state index in [2.05, 4.69) is 6.92 Å². The molecule has 0 aromatic rings. The number of Topliss-reactive ketones (excluding diaryl/α,β-unsaturated/α-hetero) is 1. The van der Waals surface area contributed by atoms with E-state index >= 15 is 0 Å². The van der Waals surface area contributed by atoms with E-state index in [-0.39, 0.29) is 5.41 Å². The second kappa shape index (κ2) is 4.26. The Morgan fingerprint density at radius 2 is 1.93 bits per heavy atom. The lowest BCUT2D eigenvalue weighted by Crippen LogP contribution is -2.34. The van der Waals surface area contributed by atoms with Gasteiger partial charge >= 0.3 is 0 Å². The van der Waals surface area contributed by atoms with E-state index in [0.29, 0.717) is 11.0 Å². The van der Waals surface area contributed by atoms with Crippen molar-refractivity contribution in [2.75, 3.05) is 5.75 Å². The van der Waals surface area contributed by atoms with Crippen molar-refractivity contribution in [2.24, 2.45) is 5.41 Å². The molecule has 1 aliphatic heterocycles. The first-order chi connectivity index (χ1) is 6.72. The molecule has 1 nitrogen and oxygen atoms in total. The van der Waals surface area contributed by atoms with Crippen LogP contribution >= 0.6 is 11.8 Å². The van der Waals surface area contributed by atoms with E-state index in [1.807, 2.05) is 11.8 Å². The van der Waals surface area contributed by atoms with E-state index in [0.717, 1.165) is 19.3 Å². The van der Waals surface area contributed by atoms with Gasteiger partial charge in [0.25, 0.3) is 0 Å². The Morgan fingerprint density at radius 3 is 2.50 bits per heavy atom.